The first-order valence-corrected chi connectivity index (χ1v) is 7.89. The Morgan fingerprint density at radius 3 is 2.54 bits per heavy atom. The van der Waals surface area contributed by atoms with Crippen LogP contribution in [0.15, 0.2) is 53.0 Å². The molecule has 1 amide bonds. The van der Waals surface area contributed by atoms with Crippen molar-refractivity contribution in [3.63, 3.8) is 0 Å². The second-order valence-corrected chi connectivity index (χ2v) is 5.94. The molecule has 0 saturated carbocycles. The summed E-state index contributed by atoms with van der Waals surface area (Å²) in [7, 11) is 0. The summed E-state index contributed by atoms with van der Waals surface area (Å²) in [6, 6.07) is 12.2. The van der Waals surface area contributed by atoms with Crippen molar-refractivity contribution in [2.24, 2.45) is 0 Å². The number of amides is 1. The van der Waals surface area contributed by atoms with Crippen LogP contribution >= 0.6 is 15.9 Å². The quantitative estimate of drug-likeness (QED) is 0.773. The molecule has 24 heavy (non-hydrogen) atoms. The number of aliphatic carboxylic acids is 1. The largest absolute Gasteiger partial charge is 0.481 e. The fourth-order valence-electron chi connectivity index (χ4n) is 2.10. The van der Waals surface area contributed by atoms with E-state index >= 15 is 0 Å². The maximum absolute atomic E-state index is 14.0. The normalized spacial score (nSPS) is 11.6. The van der Waals surface area contributed by atoms with Gasteiger partial charge in [0.15, 0.2) is 0 Å². The minimum atomic E-state index is -1.16. The molecular weight excluding hydrogens is 381 g/mol. The third kappa shape index (κ3) is 5.34. The number of carboxylic acids is 1. The van der Waals surface area contributed by atoms with E-state index in [2.05, 4.69) is 21.2 Å². The van der Waals surface area contributed by atoms with Crippen LogP contribution in [0.1, 0.15) is 23.6 Å². The number of ether oxygens (including phenoxy) is 1. The molecule has 0 aliphatic carbocycles. The number of carboxylic acid groups (broad SMARTS) is 1. The number of carbonyl (C=O) groups is 2. The molecule has 2 aromatic carbocycles. The molecule has 0 aliphatic rings. The lowest BCUT2D eigenvalue weighted by Gasteiger charge is -2.18. The molecule has 2 aromatic rings. The van der Waals surface area contributed by atoms with Gasteiger partial charge in [-0.1, -0.05) is 52.3 Å². The molecular formula is C17H15BrFNO4. The average molecular weight is 396 g/mol. The van der Waals surface area contributed by atoms with Gasteiger partial charge in [-0.05, 0) is 17.7 Å². The van der Waals surface area contributed by atoms with Crippen molar-refractivity contribution in [2.75, 3.05) is 0 Å². The Balaban J connectivity index is 2.05. The number of carbonyl (C=O) groups excluding carboxylic acids is 1. The Morgan fingerprint density at radius 1 is 1.21 bits per heavy atom. The van der Waals surface area contributed by atoms with Gasteiger partial charge in [0.2, 0.25) is 0 Å². The molecule has 0 saturated heterocycles. The zero-order valence-corrected chi connectivity index (χ0v) is 14.1. The molecule has 0 bridgehead atoms. The maximum atomic E-state index is 14.0. The summed E-state index contributed by atoms with van der Waals surface area (Å²) in [5.41, 5.74) is 0.870. The van der Waals surface area contributed by atoms with E-state index in [9.17, 15) is 14.0 Å². The molecule has 1 atom stereocenters. The van der Waals surface area contributed by atoms with Crippen LogP contribution in [0.5, 0.6) is 0 Å². The molecule has 0 aliphatic heterocycles. The van der Waals surface area contributed by atoms with Crippen molar-refractivity contribution in [1.29, 1.82) is 0 Å². The Hall–Kier alpha value is -2.41. The summed E-state index contributed by atoms with van der Waals surface area (Å²) in [6.07, 6.45) is -1.27. The number of benzene rings is 2. The Morgan fingerprint density at radius 2 is 1.92 bits per heavy atom. The number of halogens is 2. The molecule has 0 radical (unpaired) electrons. The van der Waals surface area contributed by atoms with Gasteiger partial charge in [0.05, 0.1) is 12.5 Å². The van der Waals surface area contributed by atoms with Crippen LogP contribution in [0.2, 0.25) is 0 Å². The number of rotatable bonds is 6. The number of nitrogens with one attached hydrogen (secondary N) is 1. The van der Waals surface area contributed by atoms with Gasteiger partial charge >= 0.3 is 12.1 Å². The first-order chi connectivity index (χ1) is 11.5. The van der Waals surface area contributed by atoms with Crippen LogP contribution in [-0.2, 0) is 16.1 Å². The topological polar surface area (TPSA) is 75.6 Å². The monoisotopic (exact) mass is 395 g/mol. The average Bonchev–Trinajstić information content (AvgIpc) is 2.53. The van der Waals surface area contributed by atoms with Gasteiger partial charge in [0.1, 0.15) is 12.4 Å². The van der Waals surface area contributed by atoms with Crippen LogP contribution < -0.4 is 5.32 Å². The smallest absolute Gasteiger partial charge is 0.407 e. The number of alkyl carbamates (subject to hydrolysis) is 1. The molecule has 0 aromatic heterocycles. The summed E-state index contributed by atoms with van der Waals surface area (Å²) in [5, 5.41) is 11.4. The molecule has 126 valence electrons. The van der Waals surface area contributed by atoms with E-state index in [0.29, 0.717) is 4.47 Å². The highest BCUT2D eigenvalue weighted by molar-refractivity contribution is 9.10. The lowest BCUT2D eigenvalue weighted by Crippen LogP contribution is -2.31. The van der Waals surface area contributed by atoms with Crippen LogP contribution in [0, 0.1) is 5.82 Å². The maximum Gasteiger partial charge on any atom is 0.407 e. The van der Waals surface area contributed by atoms with E-state index in [1.165, 1.54) is 12.1 Å². The zero-order valence-electron chi connectivity index (χ0n) is 12.5. The second-order valence-electron chi connectivity index (χ2n) is 5.02. The van der Waals surface area contributed by atoms with E-state index in [4.69, 9.17) is 9.84 Å². The van der Waals surface area contributed by atoms with Gasteiger partial charge in [-0.25, -0.2) is 9.18 Å². The second kappa shape index (κ2) is 8.44. The minimum absolute atomic E-state index is 0.0370. The number of hydrogen-bond acceptors (Lipinski definition) is 3. The van der Waals surface area contributed by atoms with Crippen molar-refractivity contribution in [3.8, 4) is 0 Å². The van der Waals surface area contributed by atoms with Crippen molar-refractivity contribution in [2.45, 2.75) is 19.1 Å². The molecule has 0 unspecified atom stereocenters. The summed E-state index contributed by atoms with van der Waals surface area (Å²) in [4.78, 5) is 22.9. The predicted octanol–water partition coefficient (Wildman–Crippen LogP) is 4.03. The first kappa shape index (κ1) is 17.9. The van der Waals surface area contributed by atoms with E-state index < -0.39 is 30.3 Å². The third-order valence-corrected chi connectivity index (χ3v) is 3.71. The summed E-state index contributed by atoms with van der Waals surface area (Å²) < 4.78 is 19.6. The fourth-order valence-corrected chi connectivity index (χ4v) is 2.44. The van der Waals surface area contributed by atoms with Crippen molar-refractivity contribution in [1.82, 2.24) is 5.32 Å². The zero-order chi connectivity index (χ0) is 17.5. The summed E-state index contributed by atoms with van der Waals surface area (Å²) >= 11 is 3.13. The third-order valence-electron chi connectivity index (χ3n) is 3.22. The van der Waals surface area contributed by atoms with Crippen LogP contribution in [0.3, 0.4) is 0 Å². The SMILES string of the molecule is O=C(O)C[C@H](NC(=O)OCc1ccccc1)c1ccc(Br)cc1F. The summed E-state index contributed by atoms with van der Waals surface area (Å²) in [6.45, 7) is 0.0370. The van der Waals surface area contributed by atoms with E-state index in [-0.39, 0.29) is 12.2 Å². The fraction of sp³-hybridized carbons (Fsp3) is 0.176. The molecule has 0 heterocycles. The number of hydrogen-bond donors (Lipinski definition) is 2. The van der Waals surface area contributed by atoms with Gasteiger partial charge in [-0.2, -0.15) is 0 Å². The molecule has 7 heteroatoms. The highest BCUT2D eigenvalue weighted by atomic mass is 79.9. The lowest BCUT2D eigenvalue weighted by molar-refractivity contribution is -0.137. The highest BCUT2D eigenvalue weighted by Gasteiger charge is 2.22. The van der Waals surface area contributed by atoms with Crippen LogP contribution in [0.4, 0.5) is 9.18 Å². The van der Waals surface area contributed by atoms with Crippen molar-refractivity contribution in [3.05, 3.63) is 69.9 Å². The Kier molecular flexibility index (Phi) is 6.31. The van der Waals surface area contributed by atoms with Gasteiger partial charge in [0.25, 0.3) is 0 Å². The van der Waals surface area contributed by atoms with Gasteiger partial charge in [0, 0.05) is 10.0 Å². The first-order valence-electron chi connectivity index (χ1n) is 7.09. The Labute approximate surface area is 146 Å². The van der Waals surface area contributed by atoms with E-state index in [1.807, 2.05) is 6.07 Å². The molecule has 2 rings (SSSR count). The van der Waals surface area contributed by atoms with Gasteiger partial charge < -0.3 is 15.2 Å². The molecule has 5 nitrogen and oxygen atoms in total. The van der Waals surface area contributed by atoms with Crippen LogP contribution in [0.25, 0.3) is 0 Å². The highest BCUT2D eigenvalue weighted by Crippen LogP contribution is 2.23. The lowest BCUT2D eigenvalue weighted by atomic mass is 10.0. The van der Waals surface area contributed by atoms with Crippen molar-refractivity contribution >= 4 is 28.0 Å². The standard InChI is InChI=1S/C17H15BrFNO4/c18-12-6-7-13(14(19)8-12)15(9-16(21)22)20-17(23)24-10-11-4-2-1-3-5-11/h1-8,15H,9-10H2,(H,20,23)(H,21,22)/t15-/m0/s1. The predicted molar refractivity (Wildman–Crippen MR) is 88.9 cm³/mol. The van der Waals surface area contributed by atoms with E-state index in [0.717, 1.165) is 5.56 Å². The van der Waals surface area contributed by atoms with E-state index in [1.54, 1.807) is 30.3 Å². The summed E-state index contributed by atoms with van der Waals surface area (Å²) in [5.74, 6) is -1.77. The molecule has 0 fully saturated rings. The molecule has 2 N–H and O–H groups in total. The Bertz CT molecular complexity index is 724. The van der Waals surface area contributed by atoms with Gasteiger partial charge in [-0.3, -0.25) is 4.79 Å². The van der Waals surface area contributed by atoms with Crippen LogP contribution in [-0.4, -0.2) is 17.2 Å². The van der Waals surface area contributed by atoms with Crippen molar-refractivity contribution < 1.29 is 23.8 Å². The molecule has 0 spiro atoms. The van der Waals surface area contributed by atoms with Gasteiger partial charge in [-0.15, -0.1) is 0 Å². The minimum Gasteiger partial charge on any atom is -0.481 e.